The summed E-state index contributed by atoms with van der Waals surface area (Å²) in [5.74, 6) is 0.344. The fourth-order valence-corrected chi connectivity index (χ4v) is 3.76. The number of amides is 1. The van der Waals surface area contributed by atoms with E-state index in [1.165, 1.54) is 5.56 Å². The molecule has 20 heavy (non-hydrogen) atoms. The predicted molar refractivity (Wildman–Crippen MR) is 81.9 cm³/mol. The van der Waals surface area contributed by atoms with Gasteiger partial charge in [0.05, 0.1) is 5.41 Å². The first-order valence-electron chi connectivity index (χ1n) is 7.87. The second-order valence-corrected chi connectivity index (χ2v) is 6.15. The molecule has 1 unspecified atom stereocenters. The molecule has 2 aliphatic heterocycles. The smallest absolute Gasteiger partial charge is 0.234 e. The summed E-state index contributed by atoms with van der Waals surface area (Å²) in [6.07, 6.45) is 5.23. The third-order valence-electron chi connectivity index (χ3n) is 4.78. The summed E-state index contributed by atoms with van der Waals surface area (Å²) in [5, 5.41) is 3.39. The number of nitrogens with zero attached hydrogens (tertiary/aromatic N) is 1. The van der Waals surface area contributed by atoms with Crippen LogP contribution in [0.2, 0.25) is 0 Å². The minimum absolute atomic E-state index is 0.167. The molecule has 3 rings (SSSR count). The van der Waals surface area contributed by atoms with E-state index in [9.17, 15) is 4.79 Å². The normalized spacial score (nSPS) is 25.6. The Morgan fingerprint density at radius 2 is 2.25 bits per heavy atom. The number of hydrogen-bond acceptors (Lipinski definition) is 2. The van der Waals surface area contributed by atoms with Gasteiger partial charge in [-0.2, -0.15) is 0 Å². The molecule has 3 heteroatoms. The molecule has 1 N–H and O–H groups in total. The predicted octanol–water partition coefficient (Wildman–Crippen LogP) is 2.75. The van der Waals surface area contributed by atoms with Crippen LogP contribution in [0.15, 0.2) is 24.3 Å². The van der Waals surface area contributed by atoms with Gasteiger partial charge in [-0.3, -0.25) is 4.79 Å². The number of fused-ring (bicyclic) bond motifs is 1. The van der Waals surface area contributed by atoms with Crippen molar-refractivity contribution in [1.29, 1.82) is 0 Å². The second-order valence-electron chi connectivity index (χ2n) is 6.15. The zero-order chi connectivity index (χ0) is 14.0. The van der Waals surface area contributed by atoms with Crippen LogP contribution in [0.3, 0.4) is 0 Å². The topological polar surface area (TPSA) is 32.3 Å². The lowest BCUT2D eigenvalue weighted by molar-refractivity contribution is -0.127. The first-order chi connectivity index (χ1) is 9.77. The van der Waals surface area contributed by atoms with E-state index in [1.807, 2.05) is 6.07 Å². The Labute approximate surface area is 121 Å². The fraction of sp³-hybridized carbons (Fsp3) is 0.588. The average Bonchev–Trinajstić information content (AvgIpc) is 2.96. The number of nitrogens with one attached hydrogen (secondary N) is 1. The number of carbonyl (C=O) groups is 1. The van der Waals surface area contributed by atoms with E-state index in [-0.39, 0.29) is 5.41 Å². The summed E-state index contributed by atoms with van der Waals surface area (Å²) in [6, 6.07) is 8.39. The summed E-state index contributed by atoms with van der Waals surface area (Å²) in [7, 11) is 0. The molecule has 3 nitrogen and oxygen atoms in total. The van der Waals surface area contributed by atoms with Gasteiger partial charge in [-0.15, -0.1) is 0 Å². The quantitative estimate of drug-likeness (QED) is 0.917. The highest BCUT2D eigenvalue weighted by molar-refractivity contribution is 5.99. The monoisotopic (exact) mass is 272 g/mol. The van der Waals surface area contributed by atoms with Gasteiger partial charge in [0.1, 0.15) is 0 Å². The summed E-state index contributed by atoms with van der Waals surface area (Å²) in [5.41, 5.74) is 2.30. The Bertz CT molecular complexity index is 492. The molecule has 1 atom stereocenters. The highest BCUT2D eigenvalue weighted by Gasteiger charge is 2.43. The highest BCUT2D eigenvalue weighted by atomic mass is 16.2. The van der Waals surface area contributed by atoms with Gasteiger partial charge < -0.3 is 10.2 Å². The molecule has 0 aromatic heterocycles. The SMILES string of the molecule is CCCC1(C(=O)N2CCCc3ccccc32)CCNC1. The summed E-state index contributed by atoms with van der Waals surface area (Å²) in [6.45, 7) is 4.87. The van der Waals surface area contributed by atoms with Crippen LogP contribution >= 0.6 is 0 Å². The molecule has 0 aliphatic carbocycles. The largest absolute Gasteiger partial charge is 0.316 e. The molecule has 0 bridgehead atoms. The zero-order valence-corrected chi connectivity index (χ0v) is 12.3. The van der Waals surface area contributed by atoms with E-state index in [1.54, 1.807) is 0 Å². The molecular formula is C17H24N2O. The molecule has 1 aromatic carbocycles. The maximum Gasteiger partial charge on any atom is 0.234 e. The van der Waals surface area contributed by atoms with Crippen LogP contribution in [-0.4, -0.2) is 25.5 Å². The standard InChI is InChI=1S/C17H24N2O/c1-2-9-17(10-11-18-13-17)16(20)19-12-5-7-14-6-3-4-8-15(14)19/h3-4,6,8,18H,2,5,7,9-13H2,1H3. The number of carbonyl (C=O) groups excluding carboxylic acids is 1. The van der Waals surface area contributed by atoms with Crippen LogP contribution in [0.4, 0.5) is 5.69 Å². The van der Waals surface area contributed by atoms with Crippen molar-refractivity contribution in [2.75, 3.05) is 24.5 Å². The minimum Gasteiger partial charge on any atom is -0.316 e. The molecule has 1 amide bonds. The third-order valence-corrected chi connectivity index (χ3v) is 4.78. The molecule has 2 heterocycles. The van der Waals surface area contributed by atoms with Crippen molar-refractivity contribution in [1.82, 2.24) is 5.32 Å². The molecule has 1 fully saturated rings. The molecule has 1 saturated heterocycles. The number of hydrogen-bond donors (Lipinski definition) is 1. The average molecular weight is 272 g/mol. The van der Waals surface area contributed by atoms with E-state index < -0.39 is 0 Å². The first kappa shape index (κ1) is 13.6. The molecule has 2 aliphatic rings. The van der Waals surface area contributed by atoms with E-state index in [0.29, 0.717) is 5.91 Å². The van der Waals surface area contributed by atoms with Crippen LogP contribution in [0.25, 0.3) is 0 Å². The number of aryl methyl sites for hydroxylation is 1. The van der Waals surface area contributed by atoms with Crippen LogP contribution in [0.5, 0.6) is 0 Å². The van der Waals surface area contributed by atoms with E-state index >= 15 is 0 Å². The van der Waals surface area contributed by atoms with Gasteiger partial charge in [-0.05, 0) is 43.9 Å². The van der Waals surface area contributed by atoms with Crippen LogP contribution in [0, 0.1) is 5.41 Å². The third kappa shape index (κ3) is 2.24. The molecule has 0 saturated carbocycles. The van der Waals surface area contributed by atoms with Crippen LogP contribution < -0.4 is 10.2 Å². The van der Waals surface area contributed by atoms with Gasteiger partial charge in [0, 0.05) is 18.8 Å². The van der Waals surface area contributed by atoms with Gasteiger partial charge in [0.25, 0.3) is 0 Å². The van der Waals surface area contributed by atoms with Gasteiger partial charge in [-0.1, -0.05) is 31.5 Å². The lowest BCUT2D eigenvalue weighted by Crippen LogP contribution is -2.47. The molecule has 0 radical (unpaired) electrons. The van der Waals surface area contributed by atoms with Crippen LogP contribution in [-0.2, 0) is 11.2 Å². The maximum atomic E-state index is 13.2. The Kier molecular flexibility index (Phi) is 3.79. The van der Waals surface area contributed by atoms with E-state index in [0.717, 1.165) is 57.4 Å². The number of anilines is 1. The van der Waals surface area contributed by atoms with Gasteiger partial charge in [0.2, 0.25) is 5.91 Å². The van der Waals surface area contributed by atoms with Crippen molar-refractivity contribution in [3.8, 4) is 0 Å². The lowest BCUT2D eigenvalue weighted by atomic mass is 9.80. The number of para-hydroxylation sites is 1. The second kappa shape index (κ2) is 5.57. The molecule has 0 spiro atoms. The zero-order valence-electron chi connectivity index (χ0n) is 12.3. The van der Waals surface area contributed by atoms with E-state index in [2.05, 4.69) is 35.3 Å². The number of benzene rings is 1. The molecular weight excluding hydrogens is 248 g/mol. The number of rotatable bonds is 3. The Morgan fingerprint density at radius 1 is 1.40 bits per heavy atom. The fourth-order valence-electron chi connectivity index (χ4n) is 3.76. The maximum absolute atomic E-state index is 13.2. The first-order valence-corrected chi connectivity index (χ1v) is 7.87. The van der Waals surface area contributed by atoms with Gasteiger partial charge >= 0.3 is 0 Å². The van der Waals surface area contributed by atoms with Crippen LogP contribution in [0.1, 0.15) is 38.2 Å². The lowest BCUT2D eigenvalue weighted by Gasteiger charge is -2.37. The summed E-state index contributed by atoms with van der Waals surface area (Å²) < 4.78 is 0. The van der Waals surface area contributed by atoms with Crippen molar-refractivity contribution in [3.05, 3.63) is 29.8 Å². The summed E-state index contributed by atoms with van der Waals surface area (Å²) in [4.78, 5) is 15.2. The van der Waals surface area contributed by atoms with Crippen molar-refractivity contribution in [3.63, 3.8) is 0 Å². The molecule has 1 aromatic rings. The van der Waals surface area contributed by atoms with Gasteiger partial charge in [0.15, 0.2) is 0 Å². The van der Waals surface area contributed by atoms with Crippen molar-refractivity contribution in [2.45, 2.75) is 39.0 Å². The molecule has 108 valence electrons. The summed E-state index contributed by atoms with van der Waals surface area (Å²) >= 11 is 0. The van der Waals surface area contributed by atoms with Crippen molar-refractivity contribution in [2.24, 2.45) is 5.41 Å². The Hall–Kier alpha value is -1.35. The van der Waals surface area contributed by atoms with Crippen molar-refractivity contribution >= 4 is 11.6 Å². The van der Waals surface area contributed by atoms with Crippen molar-refractivity contribution < 1.29 is 4.79 Å². The minimum atomic E-state index is -0.167. The highest BCUT2D eigenvalue weighted by Crippen LogP contribution is 2.37. The van der Waals surface area contributed by atoms with Gasteiger partial charge in [-0.25, -0.2) is 0 Å². The van der Waals surface area contributed by atoms with E-state index in [4.69, 9.17) is 0 Å². The Balaban J connectivity index is 1.91. The Morgan fingerprint density at radius 3 is 3.00 bits per heavy atom.